The number of carbonyl (C=O) groups excluding carboxylic acids is 1. The maximum Gasteiger partial charge on any atom is 0.232 e. The molecule has 2 aliphatic rings. The van der Waals surface area contributed by atoms with Crippen LogP contribution in [0.4, 0.5) is 5.69 Å². The minimum atomic E-state index is -0.342. The van der Waals surface area contributed by atoms with E-state index < -0.39 is 0 Å². The summed E-state index contributed by atoms with van der Waals surface area (Å²) in [5, 5.41) is 3.18. The molecule has 0 bridgehead atoms. The van der Waals surface area contributed by atoms with Crippen LogP contribution in [0.25, 0.3) is 0 Å². The third kappa shape index (κ3) is 5.89. The van der Waals surface area contributed by atoms with Crippen molar-refractivity contribution in [2.75, 3.05) is 51.3 Å². The summed E-state index contributed by atoms with van der Waals surface area (Å²) in [6.07, 6.45) is 0.924. The van der Waals surface area contributed by atoms with Crippen molar-refractivity contribution >= 4 is 36.4 Å². The number of nitrogens with zero attached hydrogens (tertiary/aromatic N) is 2. The van der Waals surface area contributed by atoms with E-state index >= 15 is 0 Å². The summed E-state index contributed by atoms with van der Waals surface area (Å²) < 4.78 is 11.5. The van der Waals surface area contributed by atoms with Crippen LogP contribution in [0, 0.1) is 0 Å². The van der Waals surface area contributed by atoms with Gasteiger partial charge in [0, 0.05) is 43.9 Å². The molecule has 0 spiro atoms. The summed E-state index contributed by atoms with van der Waals surface area (Å²) in [6, 6.07) is 23.8. The second kappa shape index (κ2) is 12.9. The molecule has 3 aromatic rings. The van der Waals surface area contributed by atoms with E-state index in [2.05, 4.69) is 27.2 Å². The number of anilines is 1. The zero-order chi connectivity index (χ0) is 23.3. The summed E-state index contributed by atoms with van der Waals surface area (Å²) >= 11 is 0. The summed E-state index contributed by atoms with van der Waals surface area (Å²) in [6.45, 7) is 5.60. The van der Waals surface area contributed by atoms with E-state index in [-0.39, 0.29) is 36.6 Å². The van der Waals surface area contributed by atoms with Crippen LogP contribution in [0.15, 0.2) is 72.8 Å². The molecule has 0 aromatic heterocycles. The minimum absolute atomic E-state index is 0. The topological polar surface area (TPSA) is 54.0 Å². The van der Waals surface area contributed by atoms with Crippen LogP contribution >= 0.6 is 24.8 Å². The highest BCUT2D eigenvalue weighted by Crippen LogP contribution is 2.43. The van der Waals surface area contributed by atoms with Crippen LogP contribution in [-0.2, 0) is 4.79 Å². The Kier molecular flexibility index (Phi) is 9.88. The number of para-hydroxylation sites is 4. The first-order valence-electron chi connectivity index (χ1n) is 12.0. The van der Waals surface area contributed by atoms with Crippen molar-refractivity contribution in [3.8, 4) is 17.2 Å². The summed E-state index contributed by atoms with van der Waals surface area (Å²) in [5.41, 5.74) is 3.01. The maximum absolute atomic E-state index is 13.2. The number of hydrogen-bond donors (Lipinski definition) is 1. The van der Waals surface area contributed by atoms with Gasteiger partial charge in [-0.2, -0.15) is 0 Å². The van der Waals surface area contributed by atoms with E-state index in [1.807, 2.05) is 60.7 Å². The van der Waals surface area contributed by atoms with Crippen LogP contribution in [0.2, 0.25) is 0 Å². The molecule has 0 aliphatic carbocycles. The van der Waals surface area contributed by atoms with Gasteiger partial charge < -0.3 is 19.7 Å². The first-order chi connectivity index (χ1) is 16.7. The van der Waals surface area contributed by atoms with Gasteiger partial charge in [-0.05, 0) is 37.2 Å². The molecule has 8 heteroatoms. The van der Waals surface area contributed by atoms with E-state index in [4.69, 9.17) is 9.47 Å². The molecular weight excluding hydrogens is 497 g/mol. The van der Waals surface area contributed by atoms with Crippen LogP contribution in [0.1, 0.15) is 23.5 Å². The van der Waals surface area contributed by atoms with Crippen molar-refractivity contribution in [2.45, 2.75) is 12.3 Å². The molecule has 6 nitrogen and oxygen atoms in total. The van der Waals surface area contributed by atoms with Crippen molar-refractivity contribution < 1.29 is 14.3 Å². The average molecular weight is 530 g/mol. The lowest BCUT2D eigenvalue weighted by Crippen LogP contribution is -2.47. The Bertz CT molecular complexity index is 1110. The number of fused-ring (bicyclic) bond motifs is 2. The van der Waals surface area contributed by atoms with Gasteiger partial charge in [-0.3, -0.25) is 9.69 Å². The predicted octanol–water partition coefficient (Wildman–Crippen LogP) is 5.10. The molecule has 1 saturated heterocycles. The minimum Gasteiger partial charge on any atom is -0.495 e. The Morgan fingerprint density at radius 1 is 0.889 bits per heavy atom. The monoisotopic (exact) mass is 529 g/mol. The Morgan fingerprint density at radius 2 is 1.47 bits per heavy atom. The van der Waals surface area contributed by atoms with Crippen molar-refractivity contribution in [1.29, 1.82) is 0 Å². The molecule has 1 N–H and O–H groups in total. The van der Waals surface area contributed by atoms with Gasteiger partial charge in [0.2, 0.25) is 5.91 Å². The Balaban J connectivity index is 0.00000180. The highest BCUT2D eigenvalue weighted by molar-refractivity contribution is 5.89. The number of benzene rings is 3. The summed E-state index contributed by atoms with van der Waals surface area (Å²) in [7, 11) is 1.72. The van der Waals surface area contributed by atoms with Crippen molar-refractivity contribution in [1.82, 2.24) is 10.2 Å². The average Bonchev–Trinajstić information content (AvgIpc) is 2.90. The molecule has 0 saturated carbocycles. The highest BCUT2D eigenvalue weighted by atomic mass is 35.5. The summed E-state index contributed by atoms with van der Waals surface area (Å²) in [5.74, 6) is 2.13. The van der Waals surface area contributed by atoms with E-state index in [0.29, 0.717) is 6.54 Å². The molecule has 1 fully saturated rings. The van der Waals surface area contributed by atoms with Crippen LogP contribution in [-0.4, -0.2) is 57.2 Å². The normalized spacial score (nSPS) is 14.9. The predicted molar refractivity (Wildman–Crippen MR) is 149 cm³/mol. The SMILES string of the molecule is COc1ccccc1N1CCN(CCCNC(=O)C2c3ccccc3Oc3ccccc32)CC1.Cl.Cl. The fourth-order valence-electron chi connectivity index (χ4n) is 4.91. The Hall–Kier alpha value is -2.93. The number of carbonyl (C=O) groups is 1. The molecule has 1 amide bonds. The standard InChI is InChI=1S/C28H31N3O3.2ClH/c1-33-26-14-7-4-11-23(26)31-19-17-30(18-20-31)16-8-15-29-28(32)27-21-9-2-5-12-24(21)34-25-13-6-3-10-22(25)27;;/h2-7,9-14,27H,8,15-20H2,1H3,(H,29,32);2*1H. The molecular formula is C28H33Cl2N3O3. The second-order valence-corrected chi connectivity index (χ2v) is 8.76. The Labute approximate surface area is 225 Å². The molecule has 0 atom stereocenters. The van der Waals surface area contributed by atoms with E-state index in [9.17, 15) is 4.79 Å². The van der Waals surface area contributed by atoms with E-state index in [1.165, 1.54) is 0 Å². The number of hydrogen-bond acceptors (Lipinski definition) is 5. The number of methoxy groups -OCH3 is 1. The van der Waals surface area contributed by atoms with Crippen molar-refractivity contribution in [3.63, 3.8) is 0 Å². The zero-order valence-electron chi connectivity index (χ0n) is 20.4. The molecule has 0 unspecified atom stereocenters. The quantitative estimate of drug-likeness (QED) is 0.431. The number of nitrogens with one attached hydrogen (secondary N) is 1. The first-order valence-corrected chi connectivity index (χ1v) is 12.0. The van der Waals surface area contributed by atoms with E-state index in [0.717, 1.165) is 73.2 Å². The lowest BCUT2D eigenvalue weighted by atomic mass is 9.87. The van der Waals surface area contributed by atoms with Gasteiger partial charge >= 0.3 is 0 Å². The number of piperazine rings is 1. The first kappa shape index (κ1) is 27.7. The molecule has 3 aromatic carbocycles. The van der Waals surface area contributed by atoms with Gasteiger partial charge in [-0.25, -0.2) is 0 Å². The Morgan fingerprint density at radius 3 is 2.11 bits per heavy atom. The summed E-state index contributed by atoms with van der Waals surface area (Å²) in [4.78, 5) is 18.1. The van der Waals surface area contributed by atoms with Gasteiger partial charge in [0.1, 0.15) is 17.2 Å². The third-order valence-electron chi connectivity index (χ3n) is 6.69. The van der Waals surface area contributed by atoms with Gasteiger partial charge in [-0.15, -0.1) is 24.8 Å². The smallest absolute Gasteiger partial charge is 0.232 e. The van der Waals surface area contributed by atoms with Crippen LogP contribution < -0.4 is 19.7 Å². The lowest BCUT2D eigenvalue weighted by Gasteiger charge is -2.36. The van der Waals surface area contributed by atoms with Gasteiger partial charge in [0.25, 0.3) is 0 Å². The van der Waals surface area contributed by atoms with E-state index in [1.54, 1.807) is 7.11 Å². The second-order valence-electron chi connectivity index (χ2n) is 8.76. The molecule has 192 valence electrons. The fraction of sp³-hybridized carbons (Fsp3) is 0.321. The van der Waals surface area contributed by atoms with Crippen LogP contribution in [0.3, 0.4) is 0 Å². The van der Waals surface area contributed by atoms with Gasteiger partial charge in [0.05, 0.1) is 18.7 Å². The van der Waals surface area contributed by atoms with Gasteiger partial charge in [-0.1, -0.05) is 48.5 Å². The number of ether oxygens (including phenoxy) is 2. The van der Waals surface area contributed by atoms with Crippen molar-refractivity contribution in [3.05, 3.63) is 83.9 Å². The van der Waals surface area contributed by atoms with Gasteiger partial charge in [0.15, 0.2) is 0 Å². The number of rotatable bonds is 7. The number of halogens is 2. The number of amides is 1. The fourth-order valence-corrected chi connectivity index (χ4v) is 4.91. The molecule has 5 rings (SSSR count). The van der Waals surface area contributed by atoms with Crippen LogP contribution in [0.5, 0.6) is 17.2 Å². The third-order valence-corrected chi connectivity index (χ3v) is 6.69. The molecule has 2 heterocycles. The lowest BCUT2D eigenvalue weighted by molar-refractivity contribution is -0.121. The van der Waals surface area contributed by atoms with Crippen molar-refractivity contribution in [2.24, 2.45) is 0 Å². The zero-order valence-corrected chi connectivity index (χ0v) is 22.0. The highest BCUT2D eigenvalue weighted by Gasteiger charge is 2.32. The molecule has 2 aliphatic heterocycles. The maximum atomic E-state index is 13.2. The largest absolute Gasteiger partial charge is 0.495 e. The molecule has 0 radical (unpaired) electrons. The molecule has 36 heavy (non-hydrogen) atoms.